The number of methoxy groups -OCH3 is 2. The molecular formula is C30H37NO4S. The topological polar surface area (TPSA) is 40.2 Å². The lowest BCUT2D eigenvalue weighted by molar-refractivity contribution is 0.183. The van der Waals surface area contributed by atoms with E-state index in [-0.39, 0.29) is 0 Å². The lowest BCUT2D eigenvalue weighted by Crippen LogP contribution is -2.33. The van der Waals surface area contributed by atoms with Crippen LogP contribution in [0.3, 0.4) is 0 Å². The molecule has 2 heterocycles. The molecule has 4 rings (SSSR count). The van der Waals surface area contributed by atoms with Gasteiger partial charge in [-0.05, 0) is 80.4 Å². The monoisotopic (exact) mass is 507 g/mol. The number of hydrogen-bond acceptors (Lipinski definition) is 6. The van der Waals surface area contributed by atoms with Gasteiger partial charge >= 0.3 is 0 Å². The molecule has 1 aliphatic rings. The number of piperidine rings is 1. The van der Waals surface area contributed by atoms with Crippen LogP contribution in [0.2, 0.25) is 0 Å². The molecule has 0 atom stereocenters. The number of benzene rings is 2. The zero-order valence-corrected chi connectivity index (χ0v) is 22.4. The van der Waals surface area contributed by atoms with Crippen LogP contribution in [0.5, 0.6) is 23.0 Å². The first kappa shape index (κ1) is 26.3. The van der Waals surface area contributed by atoms with Crippen LogP contribution in [-0.2, 0) is 4.74 Å². The van der Waals surface area contributed by atoms with E-state index in [2.05, 4.69) is 36.1 Å². The molecule has 192 valence electrons. The van der Waals surface area contributed by atoms with E-state index in [1.807, 2.05) is 36.4 Å². The third-order valence-electron chi connectivity index (χ3n) is 6.27. The average Bonchev–Trinajstić information content (AvgIpc) is 3.27. The van der Waals surface area contributed by atoms with Crippen molar-refractivity contribution in [3.05, 3.63) is 65.6 Å². The predicted molar refractivity (Wildman–Crippen MR) is 150 cm³/mol. The van der Waals surface area contributed by atoms with Crippen molar-refractivity contribution in [3.8, 4) is 23.0 Å². The van der Waals surface area contributed by atoms with Gasteiger partial charge in [-0.1, -0.05) is 31.6 Å². The number of fused-ring (bicyclic) bond motifs is 1. The lowest BCUT2D eigenvalue weighted by Gasteiger charge is -2.26. The number of likely N-dealkylation sites (tertiary alicyclic amines) is 1. The number of rotatable bonds is 12. The second-order valence-corrected chi connectivity index (χ2v) is 9.92. The Balaban J connectivity index is 1.54. The maximum Gasteiger partial charge on any atom is 0.153 e. The summed E-state index contributed by atoms with van der Waals surface area (Å²) >= 11 is 1.71. The van der Waals surface area contributed by atoms with Crippen LogP contribution in [0, 0.1) is 0 Å². The molecule has 0 bridgehead atoms. The van der Waals surface area contributed by atoms with Crippen molar-refractivity contribution < 1.29 is 18.9 Å². The summed E-state index contributed by atoms with van der Waals surface area (Å²) in [6, 6.07) is 14.1. The highest BCUT2D eigenvalue weighted by molar-refractivity contribution is 7.20. The molecule has 2 aromatic carbocycles. The molecule has 0 aliphatic carbocycles. The largest absolute Gasteiger partial charge is 0.497 e. The summed E-state index contributed by atoms with van der Waals surface area (Å²) < 4.78 is 24.3. The van der Waals surface area contributed by atoms with Crippen LogP contribution in [0.15, 0.2) is 60.7 Å². The predicted octanol–water partition coefficient (Wildman–Crippen LogP) is 7.56. The van der Waals surface area contributed by atoms with Crippen LogP contribution in [0.1, 0.15) is 37.5 Å². The molecule has 1 saturated heterocycles. The summed E-state index contributed by atoms with van der Waals surface area (Å²) in [4.78, 5) is 3.58. The van der Waals surface area contributed by atoms with Gasteiger partial charge in [-0.15, -0.1) is 11.3 Å². The van der Waals surface area contributed by atoms with Crippen molar-refractivity contribution in [1.82, 2.24) is 4.90 Å². The summed E-state index contributed by atoms with van der Waals surface area (Å²) in [6.07, 6.45) is 11.2. The fourth-order valence-corrected chi connectivity index (χ4v) is 5.58. The highest BCUT2D eigenvalue weighted by atomic mass is 32.1. The Morgan fingerprint density at radius 1 is 0.972 bits per heavy atom. The van der Waals surface area contributed by atoms with Gasteiger partial charge in [0, 0.05) is 23.7 Å². The summed E-state index contributed by atoms with van der Waals surface area (Å²) in [5.74, 6) is 3.35. The molecule has 36 heavy (non-hydrogen) atoms. The molecule has 0 saturated carbocycles. The van der Waals surface area contributed by atoms with E-state index in [9.17, 15) is 0 Å². The lowest BCUT2D eigenvalue weighted by atomic mass is 10.1. The molecule has 1 fully saturated rings. The zero-order valence-electron chi connectivity index (χ0n) is 21.6. The van der Waals surface area contributed by atoms with Gasteiger partial charge in [0.05, 0.1) is 18.6 Å². The van der Waals surface area contributed by atoms with E-state index in [4.69, 9.17) is 18.9 Å². The molecule has 1 aromatic heterocycles. The van der Waals surface area contributed by atoms with Crippen LogP contribution >= 0.6 is 11.3 Å². The van der Waals surface area contributed by atoms with Gasteiger partial charge in [0.15, 0.2) is 5.75 Å². The normalized spacial score (nSPS) is 15.0. The Bertz CT molecular complexity index is 1160. The highest BCUT2D eigenvalue weighted by Gasteiger charge is 2.18. The number of allylic oxidation sites excluding steroid dienone is 3. The minimum Gasteiger partial charge on any atom is -0.497 e. The van der Waals surface area contributed by atoms with Crippen molar-refractivity contribution in [1.29, 1.82) is 0 Å². The minimum absolute atomic E-state index is 0.565. The van der Waals surface area contributed by atoms with Crippen molar-refractivity contribution in [2.24, 2.45) is 0 Å². The van der Waals surface area contributed by atoms with Gasteiger partial charge in [-0.2, -0.15) is 0 Å². The molecule has 3 aromatic rings. The van der Waals surface area contributed by atoms with Crippen molar-refractivity contribution in [2.75, 3.05) is 47.1 Å². The van der Waals surface area contributed by atoms with Crippen molar-refractivity contribution in [2.45, 2.75) is 32.6 Å². The van der Waals surface area contributed by atoms with Crippen LogP contribution < -0.4 is 14.2 Å². The SMILES string of the molecule is CC/C=C(\C=C/COC)c1sc2cc(OC)ccc2c1Oc1ccc(OCCN2CCCCC2)cc1. The van der Waals surface area contributed by atoms with E-state index in [1.54, 1.807) is 25.6 Å². The van der Waals surface area contributed by atoms with E-state index in [0.29, 0.717) is 13.2 Å². The Labute approximate surface area is 218 Å². The van der Waals surface area contributed by atoms with E-state index in [1.165, 1.54) is 32.4 Å². The Hall–Kier alpha value is -2.80. The molecule has 0 N–H and O–H groups in total. The van der Waals surface area contributed by atoms with Crippen molar-refractivity contribution >= 4 is 27.0 Å². The fraction of sp³-hybridized carbons (Fsp3) is 0.400. The molecule has 0 radical (unpaired) electrons. The van der Waals surface area contributed by atoms with Gasteiger partial charge < -0.3 is 18.9 Å². The molecule has 1 aliphatic heterocycles. The molecule has 5 nitrogen and oxygen atoms in total. The first-order chi connectivity index (χ1) is 17.7. The quantitative estimate of drug-likeness (QED) is 0.237. The van der Waals surface area contributed by atoms with E-state index < -0.39 is 0 Å². The number of nitrogens with zero attached hydrogens (tertiary/aromatic N) is 1. The molecule has 0 spiro atoms. The van der Waals surface area contributed by atoms with Gasteiger partial charge in [0.2, 0.25) is 0 Å². The van der Waals surface area contributed by atoms with Crippen LogP contribution in [-0.4, -0.2) is 52.0 Å². The molecule has 0 unspecified atom stereocenters. The highest BCUT2D eigenvalue weighted by Crippen LogP contribution is 2.45. The first-order valence-electron chi connectivity index (χ1n) is 12.8. The third-order valence-corrected chi connectivity index (χ3v) is 7.45. The average molecular weight is 508 g/mol. The van der Waals surface area contributed by atoms with E-state index in [0.717, 1.165) is 56.5 Å². The summed E-state index contributed by atoms with van der Waals surface area (Å²) in [7, 11) is 3.40. The van der Waals surface area contributed by atoms with E-state index >= 15 is 0 Å². The Kier molecular flexibility index (Phi) is 9.84. The minimum atomic E-state index is 0.565. The van der Waals surface area contributed by atoms with Crippen LogP contribution in [0.25, 0.3) is 15.7 Å². The van der Waals surface area contributed by atoms with Crippen molar-refractivity contribution in [3.63, 3.8) is 0 Å². The maximum atomic E-state index is 6.52. The number of thiophene rings is 1. The zero-order chi connectivity index (χ0) is 25.2. The molecular weight excluding hydrogens is 470 g/mol. The standard InChI is InChI=1S/C30H37NO4S/c1-4-9-23(10-8-20-32-2)30-29(27-16-15-26(33-3)22-28(27)36-30)35-25-13-11-24(12-14-25)34-21-19-31-17-6-5-7-18-31/h8-16,22H,4-7,17-21H2,1-3H3/b10-8-,23-9+. The molecule has 6 heteroatoms. The van der Waals surface area contributed by atoms with Gasteiger partial charge in [-0.3, -0.25) is 4.90 Å². The Morgan fingerprint density at radius 3 is 2.44 bits per heavy atom. The van der Waals surface area contributed by atoms with Gasteiger partial charge in [0.25, 0.3) is 0 Å². The second-order valence-electron chi connectivity index (χ2n) is 8.87. The summed E-state index contributed by atoms with van der Waals surface area (Å²) in [6.45, 7) is 6.78. The summed E-state index contributed by atoms with van der Waals surface area (Å²) in [5.41, 5.74) is 1.13. The van der Waals surface area contributed by atoms with Gasteiger partial charge in [0.1, 0.15) is 23.9 Å². The smallest absolute Gasteiger partial charge is 0.153 e. The number of hydrogen-bond donors (Lipinski definition) is 0. The number of ether oxygens (including phenoxy) is 4. The van der Waals surface area contributed by atoms with Crippen LogP contribution in [0.4, 0.5) is 0 Å². The summed E-state index contributed by atoms with van der Waals surface area (Å²) in [5, 5.41) is 1.07. The maximum absolute atomic E-state index is 6.52. The van der Waals surface area contributed by atoms with Gasteiger partial charge in [-0.25, -0.2) is 0 Å². The Morgan fingerprint density at radius 2 is 1.72 bits per heavy atom. The molecule has 0 amide bonds. The first-order valence-corrected chi connectivity index (χ1v) is 13.6. The third kappa shape index (κ3) is 6.90. The second kappa shape index (κ2) is 13.5. The fourth-order valence-electron chi connectivity index (χ4n) is 4.40.